The van der Waals surface area contributed by atoms with Crippen LogP contribution in [0.25, 0.3) is 0 Å². The lowest BCUT2D eigenvalue weighted by molar-refractivity contribution is 0.293. The molecule has 1 aliphatic carbocycles. The Kier molecular flexibility index (Phi) is 2.33. The van der Waals surface area contributed by atoms with E-state index in [-0.39, 0.29) is 0 Å². The number of ether oxygens (including phenoxy) is 1. The summed E-state index contributed by atoms with van der Waals surface area (Å²) in [6.45, 7) is 0. The molecule has 0 radical (unpaired) electrons. The predicted molar refractivity (Wildman–Crippen MR) is 46.7 cm³/mol. The van der Waals surface area contributed by atoms with Gasteiger partial charge in [-0.25, -0.2) is 4.39 Å². The molecule has 1 atom stereocenters. The van der Waals surface area contributed by atoms with Crippen LogP contribution in [0.4, 0.5) is 4.39 Å². The number of allylic oxidation sites excluding steroid dienone is 3. The Bertz CT molecular complexity index is 184. The lowest BCUT2D eigenvalue weighted by atomic mass is 10.1. The fourth-order valence-electron chi connectivity index (χ4n) is 0.728. The third-order valence-electron chi connectivity index (χ3n) is 1.30. The van der Waals surface area contributed by atoms with Crippen molar-refractivity contribution in [2.24, 2.45) is 0 Å². The van der Waals surface area contributed by atoms with Gasteiger partial charge in [-0.1, -0.05) is 0 Å². The highest BCUT2D eigenvalue weighted by molar-refractivity contribution is 14.1. The molecule has 0 saturated carbocycles. The quantitative estimate of drug-likeness (QED) is 0.516. The van der Waals surface area contributed by atoms with Crippen molar-refractivity contribution >= 4 is 22.6 Å². The molecule has 0 amide bonds. The van der Waals surface area contributed by atoms with E-state index in [2.05, 4.69) is 0 Å². The zero-order valence-electron chi connectivity index (χ0n) is 5.60. The van der Waals surface area contributed by atoms with Crippen LogP contribution in [0.3, 0.4) is 0 Å². The molecule has 0 fully saturated rings. The second-order valence-corrected chi connectivity index (χ2v) is 3.90. The van der Waals surface area contributed by atoms with Crippen LogP contribution in [0.5, 0.6) is 0 Å². The summed E-state index contributed by atoms with van der Waals surface area (Å²) in [7, 11) is 1.58. The normalized spacial score (nSPS) is 31.7. The van der Waals surface area contributed by atoms with Crippen molar-refractivity contribution < 1.29 is 9.13 Å². The van der Waals surface area contributed by atoms with E-state index in [9.17, 15) is 4.39 Å². The molecule has 0 bridgehead atoms. The maximum atomic E-state index is 13.0. The zero-order chi connectivity index (χ0) is 7.61. The monoisotopic (exact) mass is 254 g/mol. The minimum atomic E-state index is -1.21. The summed E-state index contributed by atoms with van der Waals surface area (Å²) in [5.74, 6) is 0.741. The second kappa shape index (κ2) is 2.90. The summed E-state index contributed by atoms with van der Waals surface area (Å²) in [6, 6.07) is 0. The van der Waals surface area contributed by atoms with Gasteiger partial charge in [0.1, 0.15) is 5.76 Å². The van der Waals surface area contributed by atoms with Gasteiger partial charge in [0, 0.05) is 6.42 Å². The van der Waals surface area contributed by atoms with Crippen LogP contribution in [-0.4, -0.2) is 10.8 Å². The van der Waals surface area contributed by atoms with Crippen molar-refractivity contribution in [1.82, 2.24) is 0 Å². The fourth-order valence-corrected chi connectivity index (χ4v) is 1.13. The van der Waals surface area contributed by atoms with Crippen LogP contribution in [-0.2, 0) is 4.74 Å². The smallest absolute Gasteiger partial charge is 0.183 e. The average molecular weight is 254 g/mol. The molecule has 3 heteroatoms. The molecule has 1 unspecified atom stereocenters. The second-order valence-electron chi connectivity index (χ2n) is 2.11. The van der Waals surface area contributed by atoms with Gasteiger partial charge in [-0.3, -0.25) is 0 Å². The van der Waals surface area contributed by atoms with Gasteiger partial charge >= 0.3 is 0 Å². The van der Waals surface area contributed by atoms with Crippen molar-refractivity contribution in [1.29, 1.82) is 0 Å². The molecule has 0 aromatic rings. The topological polar surface area (TPSA) is 9.23 Å². The van der Waals surface area contributed by atoms with Gasteiger partial charge in [-0.05, 0) is 40.8 Å². The molecule has 0 saturated heterocycles. The minimum absolute atomic E-state index is 0.396. The summed E-state index contributed by atoms with van der Waals surface area (Å²) in [6.07, 6.45) is 5.29. The summed E-state index contributed by atoms with van der Waals surface area (Å²) < 4.78 is 16.7. The summed E-state index contributed by atoms with van der Waals surface area (Å²) >= 11 is 1.76. The van der Waals surface area contributed by atoms with E-state index in [1.54, 1.807) is 41.9 Å². The van der Waals surface area contributed by atoms with Gasteiger partial charge in [0.25, 0.3) is 0 Å². The molecular weight excluding hydrogens is 246 g/mol. The zero-order valence-corrected chi connectivity index (χ0v) is 7.76. The first-order chi connectivity index (χ1) is 4.64. The van der Waals surface area contributed by atoms with E-state index >= 15 is 0 Å². The van der Waals surface area contributed by atoms with E-state index in [1.807, 2.05) is 0 Å². The molecule has 0 N–H and O–H groups in total. The standard InChI is InChI=1S/C7H8FIO/c1-10-6-2-4-7(8,9)5-3-6/h2-4H,5H2,1H3. The maximum Gasteiger partial charge on any atom is 0.183 e. The van der Waals surface area contributed by atoms with Crippen LogP contribution >= 0.6 is 22.6 Å². The Morgan fingerprint density at radius 2 is 2.50 bits per heavy atom. The van der Waals surface area contributed by atoms with Gasteiger partial charge in [-0.15, -0.1) is 0 Å². The average Bonchev–Trinajstić information content (AvgIpc) is 1.88. The lowest BCUT2D eigenvalue weighted by Gasteiger charge is -2.15. The van der Waals surface area contributed by atoms with Crippen LogP contribution in [0, 0.1) is 0 Å². The van der Waals surface area contributed by atoms with Gasteiger partial charge in [0.15, 0.2) is 3.68 Å². The van der Waals surface area contributed by atoms with Crippen molar-refractivity contribution in [2.45, 2.75) is 10.1 Å². The van der Waals surface area contributed by atoms with Crippen molar-refractivity contribution in [3.8, 4) is 0 Å². The molecule has 1 nitrogen and oxygen atoms in total. The molecule has 1 rings (SSSR count). The van der Waals surface area contributed by atoms with Crippen molar-refractivity contribution in [3.63, 3.8) is 0 Å². The lowest BCUT2D eigenvalue weighted by Crippen LogP contribution is -2.10. The molecule has 0 heterocycles. The molecule has 0 aromatic carbocycles. The van der Waals surface area contributed by atoms with E-state index < -0.39 is 3.68 Å². The largest absolute Gasteiger partial charge is 0.497 e. The summed E-state index contributed by atoms with van der Waals surface area (Å²) in [5, 5.41) is 0. The SMILES string of the molecule is COC1=CCC(F)(I)C=C1. The first-order valence-electron chi connectivity index (χ1n) is 2.95. The summed E-state index contributed by atoms with van der Waals surface area (Å²) in [4.78, 5) is 0. The van der Waals surface area contributed by atoms with Crippen LogP contribution in [0.1, 0.15) is 6.42 Å². The van der Waals surface area contributed by atoms with Gasteiger partial charge in [0.2, 0.25) is 0 Å². The number of hydrogen-bond donors (Lipinski definition) is 0. The number of hydrogen-bond acceptors (Lipinski definition) is 1. The number of alkyl halides is 2. The van der Waals surface area contributed by atoms with Crippen LogP contribution in [0.2, 0.25) is 0 Å². The molecule has 0 spiro atoms. The summed E-state index contributed by atoms with van der Waals surface area (Å²) in [5.41, 5.74) is 0. The van der Waals surface area contributed by atoms with E-state index in [0.29, 0.717) is 6.42 Å². The molecule has 0 aliphatic heterocycles. The van der Waals surface area contributed by atoms with Gasteiger partial charge in [0.05, 0.1) is 7.11 Å². The van der Waals surface area contributed by atoms with E-state index in [4.69, 9.17) is 4.74 Å². The number of halogens is 2. The Labute approximate surface area is 73.1 Å². The van der Waals surface area contributed by atoms with Crippen LogP contribution < -0.4 is 0 Å². The molecule has 1 aliphatic rings. The van der Waals surface area contributed by atoms with Crippen LogP contribution in [0.15, 0.2) is 24.0 Å². The number of rotatable bonds is 1. The predicted octanol–water partition coefficient (Wildman–Crippen LogP) is 2.58. The highest BCUT2D eigenvalue weighted by atomic mass is 127. The highest BCUT2D eigenvalue weighted by Crippen LogP contribution is 2.31. The number of methoxy groups -OCH3 is 1. The van der Waals surface area contributed by atoms with E-state index in [0.717, 1.165) is 5.76 Å². The highest BCUT2D eigenvalue weighted by Gasteiger charge is 2.22. The Morgan fingerprint density at radius 3 is 2.90 bits per heavy atom. The molecule has 0 aromatic heterocycles. The van der Waals surface area contributed by atoms with Gasteiger partial charge in [-0.2, -0.15) is 0 Å². The van der Waals surface area contributed by atoms with Crippen molar-refractivity contribution in [3.05, 3.63) is 24.0 Å². The van der Waals surface area contributed by atoms with Crippen molar-refractivity contribution in [2.75, 3.05) is 7.11 Å². The molecule has 10 heavy (non-hydrogen) atoms. The Balaban J connectivity index is 2.63. The van der Waals surface area contributed by atoms with Gasteiger partial charge < -0.3 is 4.74 Å². The first kappa shape index (κ1) is 8.04. The Morgan fingerprint density at radius 1 is 1.80 bits per heavy atom. The third-order valence-corrected chi connectivity index (χ3v) is 2.10. The van der Waals surface area contributed by atoms with E-state index in [1.165, 1.54) is 6.08 Å². The first-order valence-corrected chi connectivity index (χ1v) is 4.03. The molecular formula is C7H8FIO. The fraction of sp³-hybridized carbons (Fsp3) is 0.429. The Hall–Kier alpha value is -0.0600. The third kappa shape index (κ3) is 1.97. The molecule has 56 valence electrons. The minimum Gasteiger partial charge on any atom is -0.497 e. The maximum absolute atomic E-state index is 13.0.